The molecule has 0 atom stereocenters. The Morgan fingerprint density at radius 2 is 1.95 bits per heavy atom. The molecule has 0 unspecified atom stereocenters. The molecule has 110 valence electrons. The standard InChI is InChI=1S/C15H14O6/c1-18-14(16)8-13(15(17)19-2)20-9-11-7-10-5-3-4-6-12(10)21-11/h3-8H,9H2,1-2H3/b13-8+. The molecule has 1 aromatic heterocycles. The fourth-order valence-corrected chi connectivity index (χ4v) is 1.68. The lowest BCUT2D eigenvalue weighted by Gasteiger charge is -2.06. The van der Waals surface area contributed by atoms with Crippen LogP contribution in [0, 0.1) is 0 Å². The zero-order valence-corrected chi connectivity index (χ0v) is 11.6. The topological polar surface area (TPSA) is 75.0 Å². The molecule has 0 saturated carbocycles. The van der Waals surface area contributed by atoms with Crippen molar-refractivity contribution in [1.82, 2.24) is 0 Å². The highest BCUT2D eigenvalue weighted by atomic mass is 16.6. The summed E-state index contributed by atoms with van der Waals surface area (Å²) in [4.78, 5) is 22.7. The normalized spacial score (nSPS) is 11.2. The molecule has 0 spiro atoms. The van der Waals surface area contributed by atoms with Gasteiger partial charge in [0.05, 0.1) is 20.3 Å². The zero-order valence-electron chi connectivity index (χ0n) is 11.6. The van der Waals surface area contributed by atoms with Gasteiger partial charge in [-0.25, -0.2) is 9.59 Å². The van der Waals surface area contributed by atoms with Gasteiger partial charge in [-0.2, -0.15) is 0 Å². The molecule has 21 heavy (non-hydrogen) atoms. The van der Waals surface area contributed by atoms with Crippen molar-refractivity contribution in [1.29, 1.82) is 0 Å². The average Bonchev–Trinajstić information content (AvgIpc) is 2.93. The maximum Gasteiger partial charge on any atom is 0.373 e. The Labute approximate surface area is 120 Å². The fourth-order valence-electron chi connectivity index (χ4n) is 1.68. The number of hydrogen-bond donors (Lipinski definition) is 0. The number of carbonyl (C=O) groups is 2. The van der Waals surface area contributed by atoms with E-state index >= 15 is 0 Å². The number of ether oxygens (including phenoxy) is 3. The van der Waals surface area contributed by atoms with E-state index in [0.29, 0.717) is 11.3 Å². The molecule has 0 radical (unpaired) electrons. The van der Waals surface area contributed by atoms with Crippen molar-refractivity contribution >= 4 is 22.9 Å². The lowest BCUT2D eigenvalue weighted by atomic mass is 10.2. The molecule has 0 amide bonds. The first-order valence-electron chi connectivity index (χ1n) is 6.12. The molecular weight excluding hydrogens is 276 g/mol. The number of hydrogen-bond acceptors (Lipinski definition) is 6. The predicted octanol–water partition coefficient (Wildman–Crippen LogP) is 2.18. The van der Waals surface area contributed by atoms with Gasteiger partial charge < -0.3 is 18.6 Å². The van der Waals surface area contributed by atoms with Crippen LogP contribution < -0.4 is 0 Å². The maximum atomic E-state index is 11.5. The van der Waals surface area contributed by atoms with Crippen LogP contribution in [0.4, 0.5) is 0 Å². The number of fused-ring (bicyclic) bond motifs is 1. The van der Waals surface area contributed by atoms with Crippen molar-refractivity contribution in [3.8, 4) is 0 Å². The van der Waals surface area contributed by atoms with Crippen LogP contribution in [-0.4, -0.2) is 26.2 Å². The van der Waals surface area contributed by atoms with Crippen molar-refractivity contribution < 1.29 is 28.2 Å². The van der Waals surface area contributed by atoms with Gasteiger partial charge in [0, 0.05) is 5.39 Å². The van der Waals surface area contributed by atoms with E-state index in [9.17, 15) is 9.59 Å². The molecule has 0 fully saturated rings. The number of carbonyl (C=O) groups excluding carboxylic acids is 2. The highest BCUT2D eigenvalue weighted by Gasteiger charge is 2.15. The quantitative estimate of drug-likeness (QED) is 0.477. The first-order valence-corrected chi connectivity index (χ1v) is 6.12. The average molecular weight is 290 g/mol. The van der Waals surface area contributed by atoms with Crippen LogP contribution in [0.15, 0.2) is 46.6 Å². The summed E-state index contributed by atoms with van der Waals surface area (Å²) in [6, 6.07) is 9.26. The second-order valence-corrected chi connectivity index (χ2v) is 4.06. The minimum absolute atomic E-state index is 0.00733. The zero-order chi connectivity index (χ0) is 15.2. The van der Waals surface area contributed by atoms with E-state index in [2.05, 4.69) is 9.47 Å². The number of esters is 2. The number of para-hydroxylation sites is 1. The molecular formula is C15H14O6. The first kappa shape index (κ1) is 14.6. The monoisotopic (exact) mass is 290 g/mol. The van der Waals surface area contributed by atoms with E-state index in [1.165, 1.54) is 14.2 Å². The number of furan rings is 1. The summed E-state index contributed by atoms with van der Waals surface area (Å²) < 4.78 is 19.8. The maximum absolute atomic E-state index is 11.5. The summed E-state index contributed by atoms with van der Waals surface area (Å²) >= 11 is 0. The molecule has 0 bridgehead atoms. The van der Waals surface area contributed by atoms with Gasteiger partial charge >= 0.3 is 11.9 Å². The summed E-state index contributed by atoms with van der Waals surface area (Å²) in [5.74, 6) is -1.20. The fraction of sp³-hybridized carbons (Fsp3) is 0.200. The van der Waals surface area contributed by atoms with Gasteiger partial charge in [0.25, 0.3) is 0 Å². The smallest absolute Gasteiger partial charge is 0.373 e. The predicted molar refractivity (Wildman–Crippen MR) is 73.1 cm³/mol. The minimum atomic E-state index is -0.767. The van der Waals surface area contributed by atoms with Gasteiger partial charge in [-0.15, -0.1) is 0 Å². The summed E-state index contributed by atoms with van der Waals surface area (Å²) in [6.45, 7) is -0.00733. The Hall–Kier alpha value is -2.76. The van der Waals surface area contributed by atoms with Crippen LogP contribution in [0.3, 0.4) is 0 Å². The van der Waals surface area contributed by atoms with E-state index < -0.39 is 11.9 Å². The third kappa shape index (κ3) is 3.62. The third-order valence-corrected chi connectivity index (χ3v) is 2.68. The number of rotatable bonds is 5. The van der Waals surface area contributed by atoms with Gasteiger partial charge in [0.2, 0.25) is 5.76 Å². The molecule has 6 nitrogen and oxygen atoms in total. The molecule has 0 aliphatic carbocycles. The Morgan fingerprint density at radius 3 is 2.62 bits per heavy atom. The van der Waals surface area contributed by atoms with E-state index in [-0.39, 0.29) is 12.4 Å². The molecule has 2 rings (SSSR count). The second kappa shape index (κ2) is 6.60. The second-order valence-electron chi connectivity index (χ2n) is 4.06. The van der Waals surface area contributed by atoms with Crippen LogP contribution >= 0.6 is 0 Å². The van der Waals surface area contributed by atoms with Gasteiger partial charge in [0.1, 0.15) is 18.0 Å². The van der Waals surface area contributed by atoms with Crippen LogP contribution in [-0.2, 0) is 30.4 Å². The van der Waals surface area contributed by atoms with Gasteiger partial charge in [0.15, 0.2) is 0 Å². The van der Waals surface area contributed by atoms with E-state index in [0.717, 1.165) is 11.5 Å². The molecule has 0 saturated heterocycles. The Kier molecular flexibility index (Phi) is 4.61. The number of benzene rings is 1. The van der Waals surface area contributed by atoms with Crippen LogP contribution in [0.1, 0.15) is 5.76 Å². The highest BCUT2D eigenvalue weighted by molar-refractivity contribution is 5.94. The van der Waals surface area contributed by atoms with Crippen molar-refractivity contribution in [3.63, 3.8) is 0 Å². The molecule has 0 N–H and O–H groups in total. The largest absolute Gasteiger partial charge is 0.478 e. The van der Waals surface area contributed by atoms with Crippen molar-refractivity contribution in [2.45, 2.75) is 6.61 Å². The third-order valence-electron chi connectivity index (χ3n) is 2.68. The SMILES string of the molecule is COC(=O)/C=C(/OCc1cc2ccccc2o1)C(=O)OC. The van der Waals surface area contributed by atoms with Gasteiger partial charge in [-0.05, 0) is 12.1 Å². The van der Waals surface area contributed by atoms with Crippen molar-refractivity contribution in [2.24, 2.45) is 0 Å². The summed E-state index contributed by atoms with van der Waals surface area (Å²) in [6.07, 6.45) is 0.925. The van der Waals surface area contributed by atoms with Gasteiger partial charge in [-0.3, -0.25) is 0 Å². The van der Waals surface area contributed by atoms with E-state index in [1.54, 1.807) is 6.07 Å². The molecule has 1 aromatic carbocycles. The molecule has 1 heterocycles. The molecule has 0 aliphatic heterocycles. The summed E-state index contributed by atoms with van der Waals surface area (Å²) in [7, 11) is 2.39. The van der Waals surface area contributed by atoms with Crippen LogP contribution in [0.5, 0.6) is 0 Å². The molecule has 6 heteroatoms. The minimum Gasteiger partial charge on any atom is -0.478 e. The van der Waals surface area contributed by atoms with Crippen molar-refractivity contribution in [2.75, 3.05) is 14.2 Å². The Morgan fingerprint density at radius 1 is 1.19 bits per heavy atom. The Bertz CT molecular complexity index is 649. The summed E-state index contributed by atoms with van der Waals surface area (Å²) in [5.41, 5.74) is 0.715. The highest BCUT2D eigenvalue weighted by Crippen LogP contribution is 2.20. The van der Waals surface area contributed by atoms with Gasteiger partial charge in [-0.1, -0.05) is 18.2 Å². The van der Waals surface area contributed by atoms with Crippen LogP contribution in [0.25, 0.3) is 11.0 Å². The Balaban J connectivity index is 2.12. The molecule has 2 aromatic rings. The van der Waals surface area contributed by atoms with Crippen LogP contribution in [0.2, 0.25) is 0 Å². The lowest BCUT2D eigenvalue weighted by molar-refractivity contribution is -0.142. The summed E-state index contributed by atoms with van der Waals surface area (Å²) in [5, 5.41) is 0.924. The van der Waals surface area contributed by atoms with E-state index in [1.807, 2.05) is 24.3 Å². The first-order chi connectivity index (χ1) is 10.1. The molecule has 0 aliphatic rings. The lowest BCUT2D eigenvalue weighted by Crippen LogP contribution is -2.11. The van der Waals surface area contributed by atoms with E-state index in [4.69, 9.17) is 9.15 Å². The number of methoxy groups -OCH3 is 2. The van der Waals surface area contributed by atoms with Crippen molar-refractivity contribution in [3.05, 3.63) is 47.9 Å².